The van der Waals surface area contributed by atoms with E-state index in [1.807, 2.05) is 19.1 Å². The number of hydrogen-bond donors (Lipinski definition) is 0. The zero-order chi connectivity index (χ0) is 10.8. The molecule has 0 heterocycles. The molecule has 0 unspecified atom stereocenters. The standard InChI is InChI=1S/C11H17ClOSi/c1-5-13-11-9(12)7-6-8-10(11)14(2,3)4/h6-8H,5H2,1-4H3. The molecule has 0 aliphatic heterocycles. The van der Waals surface area contributed by atoms with Gasteiger partial charge < -0.3 is 4.74 Å². The predicted molar refractivity (Wildman–Crippen MR) is 65.6 cm³/mol. The third-order valence-corrected chi connectivity index (χ3v) is 4.37. The Morgan fingerprint density at radius 3 is 2.43 bits per heavy atom. The number of halogens is 1. The fourth-order valence-corrected chi connectivity index (χ4v) is 3.18. The number of benzene rings is 1. The first-order valence-corrected chi connectivity index (χ1v) is 8.76. The van der Waals surface area contributed by atoms with Crippen molar-refractivity contribution in [3.63, 3.8) is 0 Å². The lowest BCUT2D eigenvalue weighted by molar-refractivity contribution is 0.343. The summed E-state index contributed by atoms with van der Waals surface area (Å²) < 4.78 is 5.60. The third kappa shape index (κ3) is 2.52. The highest BCUT2D eigenvalue weighted by atomic mass is 35.5. The summed E-state index contributed by atoms with van der Waals surface area (Å²) in [5.74, 6) is 0.885. The fraction of sp³-hybridized carbons (Fsp3) is 0.455. The van der Waals surface area contributed by atoms with Crippen LogP contribution in [0.2, 0.25) is 24.7 Å². The van der Waals surface area contributed by atoms with E-state index in [-0.39, 0.29) is 0 Å². The van der Waals surface area contributed by atoms with Crippen molar-refractivity contribution in [1.82, 2.24) is 0 Å². The smallest absolute Gasteiger partial charge is 0.137 e. The highest BCUT2D eigenvalue weighted by Gasteiger charge is 2.22. The Labute approximate surface area is 92.1 Å². The molecule has 1 aromatic rings. The maximum absolute atomic E-state index is 6.11. The van der Waals surface area contributed by atoms with E-state index in [2.05, 4.69) is 25.7 Å². The Morgan fingerprint density at radius 2 is 1.93 bits per heavy atom. The first-order valence-electron chi connectivity index (χ1n) is 4.88. The van der Waals surface area contributed by atoms with Gasteiger partial charge in [-0.15, -0.1) is 0 Å². The minimum atomic E-state index is -1.36. The average Bonchev–Trinajstić information content (AvgIpc) is 2.07. The van der Waals surface area contributed by atoms with Gasteiger partial charge in [0.05, 0.1) is 19.7 Å². The van der Waals surface area contributed by atoms with Gasteiger partial charge in [-0.05, 0) is 18.2 Å². The number of ether oxygens (including phenoxy) is 1. The largest absolute Gasteiger partial charge is 0.492 e. The van der Waals surface area contributed by atoms with E-state index in [0.717, 1.165) is 10.8 Å². The molecule has 0 aliphatic carbocycles. The molecule has 0 saturated heterocycles. The summed E-state index contributed by atoms with van der Waals surface area (Å²) in [6.45, 7) is 9.53. The lowest BCUT2D eigenvalue weighted by atomic mass is 10.3. The maximum atomic E-state index is 6.11. The van der Waals surface area contributed by atoms with Gasteiger partial charge in [0.1, 0.15) is 5.75 Å². The summed E-state index contributed by atoms with van der Waals surface area (Å²) in [6.07, 6.45) is 0. The molecule has 78 valence electrons. The van der Waals surface area contributed by atoms with Crippen LogP contribution in [-0.2, 0) is 0 Å². The number of rotatable bonds is 3. The molecule has 0 N–H and O–H groups in total. The molecule has 3 heteroatoms. The lowest BCUT2D eigenvalue weighted by Crippen LogP contribution is -2.38. The summed E-state index contributed by atoms with van der Waals surface area (Å²) in [5, 5.41) is 2.03. The molecule has 0 aliphatic rings. The first-order chi connectivity index (χ1) is 6.46. The summed E-state index contributed by atoms with van der Waals surface area (Å²) in [6, 6.07) is 6.01. The van der Waals surface area contributed by atoms with Gasteiger partial charge in [0, 0.05) is 0 Å². The zero-order valence-electron chi connectivity index (χ0n) is 9.23. The Hall–Kier alpha value is -0.473. The molecule has 0 amide bonds. The van der Waals surface area contributed by atoms with Crippen molar-refractivity contribution < 1.29 is 4.74 Å². The molecular weight excluding hydrogens is 212 g/mol. The minimum absolute atomic E-state index is 0.668. The van der Waals surface area contributed by atoms with E-state index in [1.54, 1.807) is 0 Å². The van der Waals surface area contributed by atoms with Crippen molar-refractivity contribution in [2.24, 2.45) is 0 Å². The van der Waals surface area contributed by atoms with Crippen molar-refractivity contribution in [2.45, 2.75) is 26.6 Å². The normalized spacial score (nSPS) is 11.5. The fourth-order valence-electron chi connectivity index (χ4n) is 1.39. The van der Waals surface area contributed by atoms with Crippen LogP contribution in [0.4, 0.5) is 0 Å². The molecule has 0 spiro atoms. The van der Waals surface area contributed by atoms with Gasteiger partial charge in [-0.3, -0.25) is 0 Å². The van der Waals surface area contributed by atoms with Crippen molar-refractivity contribution >= 4 is 24.9 Å². The summed E-state index contributed by atoms with van der Waals surface area (Å²) in [5.41, 5.74) is 0. The van der Waals surface area contributed by atoms with Crippen LogP contribution < -0.4 is 9.92 Å². The van der Waals surface area contributed by atoms with Gasteiger partial charge in [0.25, 0.3) is 0 Å². The number of hydrogen-bond acceptors (Lipinski definition) is 1. The predicted octanol–water partition coefficient (Wildman–Crippen LogP) is 3.28. The third-order valence-electron chi connectivity index (χ3n) is 2.06. The van der Waals surface area contributed by atoms with Crippen molar-refractivity contribution in [3.05, 3.63) is 23.2 Å². The summed E-state index contributed by atoms with van der Waals surface area (Å²) in [4.78, 5) is 0. The Bertz CT molecular complexity index is 318. The van der Waals surface area contributed by atoms with E-state index in [9.17, 15) is 0 Å². The second-order valence-corrected chi connectivity index (χ2v) is 9.75. The van der Waals surface area contributed by atoms with Crippen LogP contribution in [0, 0.1) is 0 Å². The van der Waals surface area contributed by atoms with Gasteiger partial charge in [0.2, 0.25) is 0 Å². The SMILES string of the molecule is CCOc1c(Cl)cccc1[Si](C)(C)C. The quantitative estimate of drug-likeness (QED) is 0.722. The van der Waals surface area contributed by atoms with Crippen LogP contribution >= 0.6 is 11.6 Å². The second-order valence-electron chi connectivity index (χ2n) is 4.30. The Morgan fingerprint density at radius 1 is 1.29 bits per heavy atom. The molecule has 14 heavy (non-hydrogen) atoms. The molecule has 0 aromatic heterocycles. The van der Waals surface area contributed by atoms with Crippen LogP contribution in [0.3, 0.4) is 0 Å². The first kappa shape index (κ1) is 11.6. The van der Waals surface area contributed by atoms with E-state index in [0.29, 0.717) is 6.61 Å². The Balaban J connectivity index is 3.21. The lowest BCUT2D eigenvalue weighted by Gasteiger charge is -2.21. The summed E-state index contributed by atoms with van der Waals surface area (Å²) in [7, 11) is -1.36. The molecule has 1 rings (SSSR count). The molecule has 0 atom stereocenters. The van der Waals surface area contributed by atoms with Gasteiger partial charge in [0.15, 0.2) is 0 Å². The van der Waals surface area contributed by atoms with Crippen LogP contribution in [0.5, 0.6) is 5.75 Å². The average molecular weight is 229 g/mol. The minimum Gasteiger partial charge on any atom is -0.492 e. The molecule has 0 radical (unpaired) electrons. The highest BCUT2D eigenvalue weighted by Crippen LogP contribution is 2.24. The Kier molecular flexibility index (Phi) is 3.62. The van der Waals surface area contributed by atoms with Gasteiger partial charge in [-0.2, -0.15) is 0 Å². The topological polar surface area (TPSA) is 9.23 Å². The maximum Gasteiger partial charge on any atom is 0.137 e. The molecule has 0 saturated carbocycles. The van der Waals surface area contributed by atoms with Gasteiger partial charge in [-0.1, -0.05) is 43.4 Å². The summed E-state index contributed by atoms with van der Waals surface area (Å²) >= 11 is 6.11. The van der Waals surface area contributed by atoms with Crippen molar-refractivity contribution in [3.8, 4) is 5.75 Å². The van der Waals surface area contributed by atoms with Crippen molar-refractivity contribution in [1.29, 1.82) is 0 Å². The number of para-hydroxylation sites is 1. The zero-order valence-corrected chi connectivity index (χ0v) is 11.0. The molecule has 0 bridgehead atoms. The molecule has 1 aromatic carbocycles. The van der Waals surface area contributed by atoms with E-state index in [4.69, 9.17) is 16.3 Å². The second kappa shape index (κ2) is 4.37. The molecule has 0 fully saturated rings. The highest BCUT2D eigenvalue weighted by molar-refractivity contribution is 6.89. The van der Waals surface area contributed by atoms with Crippen LogP contribution in [0.15, 0.2) is 18.2 Å². The van der Waals surface area contributed by atoms with Gasteiger partial charge in [-0.25, -0.2) is 0 Å². The monoisotopic (exact) mass is 228 g/mol. The van der Waals surface area contributed by atoms with E-state index >= 15 is 0 Å². The van der Waals surface area contributed by atoms with Crippen LogP contribution in [-0.4, -0.2) is 14.7 Å². The van der Waals surface area contributed by atoms with Crippen LogP contribution in [0.1, 0.15) is 6.92 Å². The van der Waals surface area contributed by atoms with Gasteiger partial charge >= 0.3 is 0 Å². The van der Waals surface area contributed by atoms with E-state index in [1.165, 1.54) is 5.19 Å². The van der Waals surface area contributed by atoms with E-state index < -0.39 is 8.07 Å². The molecule has 1 nitrogen and oxygen atoms in total. The molecular formula is C11H17ClOSi. The van der Waals surface area contributed by atoms with Crippen LogP contribution in [0.25, 0.3) is 0 Å². The van der Waals surface area contributed by atoms with Crippen molar-refractivity contribution in [2.75, 3.05) is 6.61 Å².